The number of hydrogen-bond donors (Lipinski definition) is 0. The maximum absolute atomic E-state index is 13.2. The van der Waals surface area contributed by atoms with E-state index in [1.54, 1.807) is 12.1 Å². The molecule has 148 valence electrons. The molecule has 0 bridgehead atoms. The Morgan fingerprint density at radius 1 is 1.39 bits per heavy atom. The summed E-state index contributed by atoms with van der Waals surface area (Å²) in [5.74, 6) is 0.902. The van der Waals surface area contributed by atoms with Gasteiger partial charge in [-0.1, -0.05) is 5.18 Å². The molecule has 2 aromatic rings. The molecule has 0 saturated carbocycles. The van der Waals surface area contributed by atoms with Crippen molar-refractivity contribution in [3.8, 4) is 11.8 Å². The van der Waals surface area contributed by atoms with E-state index < -0.39 is 12.5 Å². The zero-order chi connectivity index (χ0) is 19.9. The molecule has 28 heavy (non-hydrogen) atoms. The Labute approximate surface area is 165 Å². The van der Waals surface area contributed by atoms with Crippen LogP contribution < -0.4 is 4.74 Å². The molecule has 0 amide bonds. The van der Waals surface area contributed by atoms with Crippen molar-refractivity contribution in [2.75, 3.05) is 26.2 Å². The number of nitroso groups, excluding NO2 is 1. The lowest BCUT2D eigenvalue weighted by atomic mass is 9.96. The lowest BCUT2D eigenvalue weighted by Crippen LogP contribution is -2.39. The van der Waals surface area contributed by atoms with Crippen LogP contribution >= 0.6 is 11.3 Å². The van der Waals surface area contributed by atoms with E-state index in [2.05, 4.69) is 15.1 Å². The molecule has 1 aliphatic heterocycles. The van der Waals surface area contributed by atoms with Crippen LogP contribution in [0.25, 0.3) is 0 Å². The highest BCUT2D eigenvalue weighted by atomic mass is 32.1. The number of ether oxygens (including phenoxy) is 1. The topological polar surface area (TPSA) is 91.5 Å². The number of thiazole rings is 1. The molecule has 1 unspecified atom stereocenters. The second kappa shape index (κ2) is 9.61. The van der Waals surface area contributed by atoms with Gasteiger partial charge in [0.05, 0.1) is 23.0 Å². The number of likely N-dealkylation sites (tertiary alicyclic amines) is 1. The molecule has 0 aromatic carbocycles. The largest absolute Gasteiger partial charge is 0.493 e. The van der Waals surface area contributed by atoms with Crippen LogP contribution in [0.15, 0.2) is 29.0 Å². The highest BCUT2D eigenvalue weighted by Gasteiger charge is 2.31. The van der Waals surface area contributed by atoms with E-state index in [-0.39, 0.29) is 12.2 Å². The zero-order valence-electron chi connectivity index (χ0n) is 15.0. The van der Waals surface area contributed by atoms with Crippen LogP contribution in [-0.2, 0) is 0 Å². The van der Waals surface area contributed by atoms with Crippen LogP contribution in [0.2, 0.25) is 0 Å². The quantitative estimate of drug-likeness (QED) is 0.616. The van der Waals surface area contributed by atoms with E-state index in [9.17, 15) is 13.7 Å². The first kappa shape index (κ1) is 20.2. The number of alkyl halides is 2. The molecule has 1 aliphatic rings. The van der Waals surface area contributed by atoms with Crippen LogP contribution in [0.4, 0.5) is 8.78 Å². The Bertz CT molecular complexity index is 833. The van der Waals surface area contributed by atoms with Crippen LogP contribution in [0, 0.1) is 22.2 Å². The minimum absolute atomic E-state index is 0.0724. The summed E-state index contributed by atoms with van der Waals surface area (Å²) in [6.45, 7) is 1.75. The van der Waals surface area contributed by atoms with Crippen molar-refractivity contribution in [2.45, 2.75) is 25.3 Å². The van der Waals surface area contributed by atoms with Gasteiger partial charge in [-0.3, -0.25) is 4.90 Å². The molecule has 1 atom stereocenters. The molecule has 2 aromatic heterocycles. The van der Waals surface area contributed by atoms with Gasteiger partial charge in [-0.25, -0.2) is 18.7 Å². The molecular formula is C18H19F2N5O2S. The molecule has 7 nitrogen and oxygen atoms in total. The first-order chi connectivity index (χ1) is 13.6. The first-order valence-electron chi connectivity index (χ1n) is 8.86. The number of pyridine rings is 1. The average Bonchev–Trinajstić information content (AvgIpc) is 3.21. The summed E-state index contributed by atoms with van der Waals surface area (Å²) < 4.78 is 32.1. The lowest BCUT2D eigenvalue weighted by molar-refractivity contribution is 0.105. The molecule has 10 heteroatoms. The maximum atomic E-state index is 13.2. The van der Waals surface area contributed by atoms with Crippen molar-refractivity contribution in [3.63, 3.8) is 0 Å². The van der Waals surface area contributed by atoms with Gasteiger partial charge in [0.15, 0.2) is 0 Å². The Hall–Kier alpha value is -2.51. The van der Waals surface area contributed by atoms with Crippen LogP contribution in [0.5, 0.6) is 5.75 Å². The van der Waals surface area contributed by atoms with Gasteiger partial charge in [-0.15, -0.1) is 11.3 Å². The van der Waals surface area contributed by atoms with E-state index in [1.807, 2.05) is 11.0 Å². The Kier molecular flexibility index (Phi) is 6.95. The van der Waals surface area contributed by atoms with E-state index in [0.717, 1.165) is 24.2 Å². The molecule has 1 fully saturated rings. The third kappa shape index (κ3) is 4.85. The van der Waals surface area contributed by atoms with Crippen molar-refractivity contribution in [2.24, 2.45) is 11.1 Å². The number of rotatable bonds is 8. The standard InChI is InChI=1S/C18H19F2N5O2S/c19-18(20)16-17(28-11-23-16)15(9-24-26)25-5-2-12(3-6-25)10-27-14-1-4-22-13(7-14)8-21/h1,4,7,11-12,15,18H,2-3,5-6,9-10H2. The highest BCUT2D eigenvalue weighted by Crippen LogP contribution is 2.35. The summed E-state index contributed by atoms with van der Waals surface area (Å²) in [5.41, 5.74) is 1.44. The second-order valence-electron chi connectivity index (χ2n) is 6.51. The fourth-order valence-electron chi connectivity index (χ4n) is 3.32. The molecule has 0 spiro atoms. The first-order valence-corrected chi connectivity index (χ1v) is 9.74. The normalized spacial score (nSPS) is 16.6. The van der Waals surface area contributed by atoms with E-state index in [1.165, 1.54) is 11.7 Å². The van der Waals surface area contributed by atoms with Crippen molar-refractivity contribution in [3.05, 3.63) is 45.0 Å². The Balaban J connectivity index is 1.57. The predicted octanol–water partition coefficient (Wildman–Crippen LogP) is 3.95. The van der Waals surface area contributed by atoms with Crippen molar-refractivity contribution in [1.29, 1.82) is 5.26 Å². The van der Waals surface area contributed by atoms with Gasteiger partial charge < -0.3 is 4.74 Å². The van der Waals surface area contributed by atoms with Gasteiger partial charge in [0.1, 0.15) is 29.8 Å². The van der Waals surface area contributed by atoms with Crippen molar-refractivity contribution < 1.29 is 13.5 Å². The molecule has 3 rings (SSSR count). The summed E-state index contributed by atoms with van der Waals surface area (Å²) in [6, 6.07) is 4.81. The average molecular weight is 407 g/mol. The van der Waals surface area contributed by atoms with E-state index >= 15 is 0 Å². The fourth-order valence-corrected chi connectivity index (χ4v) is 4.24. The van der Waals surface area contributed by atoms with Crippen LogP contribution in [-0.4, -0.2) is 41.1 Å². The van der Waals surface area contributed by atoms with Crippen LogP contribution in [0.3, 0.4) is 0 Å². The number of hydrogen-bond acceptors (Lipinski definition) is 8. The number of piperidine rings is 1. The zero-order valence-corrected chi connectivity index (χ0v) is 15.8. The number of nitrogens with zero attached hydrogens (tertiary/aromatic N) is 5. The molecule has 1 saturated heterocycles. The number of halogens is 2. The predicted molar refractivity (Wildman–Crippen MR) is 99.2 cm³/mol. The molecule has 0 aliphatic carbocycles. The molecule has 0 radical (unpaired) electrons. The summed E-state index contributed by atoms with van der Waals surface area (Å²) in [4.78, 5) is 21.0. The Morgan fingerprint density at radius 2 is 2.18 bits per heavy atom. The Morgan fingerprint density at radius 3 is 2.86 bits per heavy atom. The molecular weight excluding hydrogens is 388 g/mol. The van der Waals surface area contributed by atoms with Gasteiger partial charge in [-0.05, 0) is 37.9 Å². The number of nitriles is 1. The molecule has 3 heterocycles. The fraction of sp³-hybridized carbons (Fsp3) is 0.500. The van der Waals surface area contributed by atoms with Gasteiger partial charge in [-0.2, -0.15) is 10.2 Å². The van der Waals surface area contributed by atoms with E-state index in [4.69, 9.17) is 10.00 Å². The SMILES string of the molecule is N#Cc1cc(OCC2CCN(C(CN=O)c3scnc3C(F)F)CC2)ccn1. The van der Waals surface area contributed by atoms with Crippen molar-refractivity contribution >= 4 is 11.3 Å². The van der Waals surface area contributed by atoms with Gasteiger partial charge in [0.25, 0.3) is 6.43 Å². The smallest absolute Gasteiger partial charge is 0.281 e. The lowest BCUT2D eigenvalue weighted by Gasteiger charge is -2.36. The minimum Gasteiger partial charge on any atom is -0.493 e. The summed E-state index contributed by atoms with van der Waals surface area (Å²) in [7, 11) is 0. The van der Waals surface area contributed by atoms with Gasteiger partial charge >= 0.3 is 0 Å². The van der Waals surface area contributed by atoms with Crippen LogP contribution in [0.1, 0.15) is 41.6 Å². The minimum atomic E-state index is -2.67. The van der Waals surface area contributed by atoms with E-state index in [0.29, 0.717) is 41.9 Å². The maximum Gasteiger partial charge on any atom is 0.281 e. The summed E-state index contributed by atoms with van der Waals surface area (Å²) in [5, 5.41) is 11.8. The second-order valence-corrected chi connectivity index (χ2v) is 7.40. The van der Waals surface area contributed by atoms with Crippen molar-refractivity contribution in [1.82, 2.24) is 14.9 Å². The summed E-state index contributed by atoms with van der Waals surface area (Å²) in [6.07, 6.45) is 0.492. The third-order valence-electron chi connectivity index (χ3n) is 4.80. The van der Waals surface area contributed by atoms with Gasteiger partial charge in [0, 0.05) is 12.3 Å². The number of aromatic nitrogens is 2. The summed E-state index contributed by atoms with van der Waals surface area (Å²) >= 11 is 1.14. The molecule has 0 N–H and O–H groups in total. The third-order valence-corrected chi connectivity index (χ3v) is 5.75. The monoisotopic (exact) mass is 407 g/mol. The van der Waals surface area contributed by atoms with Gasteiger partial charge in [0.2, 0.25) is 0 Å². The highest BCUT2D eigenvalue weighted by molar-refractivity contribution is 7.09.